The van der Waals surface area contributed by atoms with Crippen molar-refractivity contribution < 1.29 is 61.6 Å². The quantitative estimate of drug-likeness (QED) is 0.0211. The molecule has 0 radical (unpaired) electrons. The van der Waals surface area contributed by atoms with Gasteiger partial charge < -0.3 is 14.0 Å². The van der Waals surface area contributed by atoms with Crippen LogP contribution in [0.5, 0.6) is 0 Å². The predicted octanol–water partition coefficient (Wildman–Crippen LogP) is 13.9. The molecule has 0 bridgehead atoms. The molecule has 0 aromatic heterocycles. The minimum Gasteiger partial charge on any atom is -0.744 e. The molecule has 0 atom stereocenters. The minimum absolute atomic E-state index is 0. The molecule has 0 saturated heterocycles. The topological polar surface area (TPSA) is 110 Å². The first-order chi connectivity index (χ1) is 30.3. The third kappa shape index (κ3) is 38.4. The number of carbonyl (C=O) groups is 2. The molecule has 0 unspecified atom stereocenters. The summed E-state index contributed by atoms with van der Waals surface area (Å²) in [6, 6.07) is 3.08. The molecular weight excluding hydrogens is 816 g/mol. The molecular formula is C54H93NaO7S. The minimum atomic E-state index is -4.84. The van der Waals surface area contributed by atoms with Crippen LogP contribution in [0.1, 0.15) is 279 Å². The second kappa shape index (κ2) is 45.7. The molecule has 0 heterocycles. The largest absolute Gasteiger partial charge is 1.00 e. The maximum atomic E-state index is 13.0. The first kappa shape index (κ1) is 61.5. The second-order valence-electron chi connectivity index (χ2n) is 17.8. The number of carbonyl (C=O) groups excluding carboxylic acids is 2. The van der Waals surface area contributed by atoms with Crippen LogP contribution in [-0.2, 0) is 19.6 Å². The van der Waals surface area contributed by atoms with E-state index in [1.165, 1.54) is 205 Å². The molecule has 0 amide bonds. The van der Waals surface area contributed by atoms with Gasteiger partial charge in [0.1, 0.15) is 10.1 Å². The zero-order chi connectivity index (χ0) is 45.0. The average molecular weight is 909 g/mol. The Morgan fingerprint density at radius 2 is 0.698 bits per heavy atom. The molecule has 9 heteroatoms. The molecule has 0 saturated carbocycles. The Bertz CT molecular complexity index is 1380. The third-order valence-corrected chi connectivity index (χ3v) is 12.9. The molecule has 0 aliphatic rings. The van der Waals surface area contributed by atoms with Gasteiger partial charge in [-0.1, -0.05) is 244 Å². The molecule has 0 N–H and O–H groups in total. The van der Waals surface area contributed by atoms with Crippen LogP contribution in [0.15, 0.2) is 47.4 Å². The van der Waals surface area contributed by atoms with Crippen molar-refractivity contribution in [1.82, 2.24) is 0 Å². The van der Waals surface area contributed by atoms with E-state index in [1.54, 1.807) is 0 Å². The van der Waals surface area contributed by atoms with Crippen molar-refractivity contribution in [3.05, 3.63) is 53.6 Å². The molecule has 1 aromatic rings. The second-order valence-corrected chi connectivity index (χ2v) is 19.2. The van der Waals surface area contributed by atoms with Crippen LogP contribution in [0.4, 0.5) is 0 Å². The molecule has 7 nitrogen and oxygen atoms in total. The molecule has 0 aliphatic carbocycles. The average Bonchev–Trinajstić information content (AvgIpc) is 3.26. The Balaban J connectivity index is 0.0000384. The number of unbranched alkanes of at least 4 members (excludes halogenated alkanes) is 34. The molecule has 63 heavy (non-hydrogen) atoms. The van der Waals surface area contributed by atoms with E-state index in [2.05, 4.69) is 26.0 Å². The van der Waals surface area contributed by atoms with Crippen molar-refractivity contribution in [2.45, 2.75) is 263 Å². The van der Waals surface area contributed by atoms with Gasteiger partial charge in [-0.15, -0.1) is 0 Å². The molecule has 1 rings (SSSR count). The number of hydrogen-bond acceptors (Lipinski definition) is 7. The van der Waals surface area contributed by atoms with E-state index >= 15 is 0 Å². The molecule has 358 valence electrons. The van der Waals surface area contributed by atoms with Crippen LogP contribution in [0.2, 0.25) is 0 Å². The van der Waals surface area contributed by atoms with Crippen molar-refractivity contribution >= 4 is 22.1 Å². The normalized spacial score (nSPS) is 11.7. The maximum absolute atomic E-state index is 13.0. The Kier molecular flexibility index (Phi) is 44.6. The molecule has 1 aromatic carbocycles. The van der Waals surface area contributed by atoms with Crippen LogP contribution in [0.25, 0.3) is 0 Å². The maximum Gasteiger partial charge on any atom is 1.00 e. The first-order valence-corrected chi connectivity index (χ1v) is 27.5. The van der Waals surface area contributed by atoms with Crippen molar-refractivity contribution in [2.24, 2.45) is 0 Å². The molecule has 0 spiro atoms. The Hall–Kier alpha value is -1.45. The summed E-state index contributed by atoms with van der Waals surface area (Å²) >= 11 is 0. The summed E-state index contributed by atoms with van der Waals surface area (Å²) in [6.45, 7) is 4.74. The SMILES string of the molecule is CCCCCCCCCCCCCCCCCCC/C=C/CCOC(=O)c1ccc(S(=O)(=O)[O-])cc1C(=O)OCC/C=C/CCCCCCCCCCCCCCCCCCC.[Na+]. The summed E-state index contributed by atoms with van der Waals surface area (Å²) in [5.74, 6) is -1.62. The summed E-state index contributed by atoms with van der Waals surface area (Å²) < 4.78 is 45.8. The van der Waals surface area contributed by atoms with Crippen LogP contribution >= 0.6 is 0 Å². The van der Waals surface area contributed by atoms with E-state index in [-0.39, 0.29) is 53.9 Å². The van der Waals surface area contributed by atoms with Crippen LogP contribution in [0.3, 0.4) is 0 Å². The standard InChI is InChI=1S/C54H94O7S.Na/c1-3-5-7-9-11-13-15-17-19-21-23-25-27-29-31-33-35-37-39-41-43-47-60-53(55)51-46-45-50(62(57,58)59)49-52(51)54(56)61-48-44-42-40-38-36-34-32-30-28-26-24-22-20-18-16-14-12-10-8-6-4-2;/h39-42,45-46,49H,3-38,43-44,47-48H2,1-2H3,(H,57,58,59);/q;+1/p-1/b41-39+,42-40+;. The van der Waals surface area contributed by atoms with Gasteiger partial charge in [0.25, 0.3) is 0 Å². The van der Waals surface area contributed by atoms with Gasteiger partial charge in [-0.05, 0) is 56.7 Å². The van der Waals surface area contributed by atoms with E-state index in [4.69, 9.17) is 9.47 Å². The van der Waals surface area contributed by atoms with Gasteiger partial charge in [0.2, 0.25) is 0 Å². The monoisotopic (exact) mass is 909 g/mol. The zero-order valence-electron chi connectivity index (χ0n) is 41.1. The van der Waals surface area contributed by atoms with E-state index < -0.39 is 27.0 Å². The van der Waals surface area contributed by atoms with Crippen molar-refractivity contribution in [2.75, 3.05) is 13.2 Å². The fourth-order valence-electron chi connectivity index (χ4n) is 8.07. The fourth-order valence-corrected chi connectivity index (χ4v) is 8.56. The fraction of sp³-hybridized carbons (Fsp3) is 0.778. The van der Waals surface area contributed by atoms with E-state index in [1.807, 2.05) is 12.2 Å². The number of benzene rings is 1. The first-order valence-electron chi connectivity index (χ1n) is 26.0. The van der Waals surface area contributed by atoms with Crippen LogP contribution in [0, 0.1) is 0 Å². The van der Waals surface area contributed by atoms with Gasteiger partial charge in [0.05, 0.1) is 29.2 Å². The van der Waals surface area contributed by atoms with Gasteiger partial charge >= 0.3 is 41.5 Å². The summed E-state index contributed by atoms with van der Waals surface area (Å²) in [5.41, 5.74) is -0.405. The van der Waals surface area contributed by atoms with Crippen LogP contribution < -0.4 is 29.6 Å². The van der Waals surface area contributed by atoms with Gasteiger partial charge in [-0.25, -0.2) is 18.0 Å². The molecule has 0 fully saturated rings. The number of rotatable bonds is 45. The summed E-state index contributed by atoms with van der Waals surface area (Å²) in [6.07, 6.45) is 57.2. The van der Waals surface area contributed by atoms with Crippen molar-refractivity contribution in [1.29, 1.82) is 0 Å². The van der Waals surface area contributed by atoms with E-state index in [0.717, 1.165) is 43.9 Å². The Labute approximate surface area is 410 Å². The number of allylic oxidation sites excluding steroid dienone is 2. The van der Waals surface area contributed by atoms with Crippen molar-refractivity contribution in [3.8, 4) is 0 Å². The van der Waals surface area contributed by atoms with Crippen LogP contribution in [-0.4, -0.2) is 38.1 Å². The van der Waals surface area contributed by atoms with Gasteiger partial charge in [0.15, 0.2) is 0 Å². The summed E-state index contributed by atoms with van der Waals surface area (Å²) in [4.78, 5) is 25.3. The van der Waals surface area contributed by atoms with E-state index in [9.17, 15) is 22.6 Å². The summed E-state index contributed by atoms with van der Waals surface area (Å²) in [5, 5.41) is 0. The van der Waals surface area contributed by atoms with Gasteiger partial charge in [-0.3, -0.25) is 0 Å². The Morgan fingerprint density at radius 3 is 1.00 bits per heavy atom. The van der Waals surface area contributed by atoms with Gasteiger partial charge in [-0.2, -0.15) is 0 Å². The predicted molar refractivity (Wildman–Crippen MR) is 260 cm³/mol. The van der Waals surface area contributed by atoms with Gasteiger partial charge in [0, 0.05) is 0 Å². The summed E-state index contributed by atoms with van der Waals surface area (Å²) in [7, 11) is -4.84. The van der Waals surface area contributed by atoms with E-state index in [0.29, 0.717) is 12.8 Å². The smallest absolute Gasteiger partial charge is 0.744 e. The number of ether oxygens (including phenoxy) is 2. The third-order valence-electron chi connectivity index (χ3n) is 12.0. The Morgan fingerprint density at radius 1 is 0.429 bits per heavy atom. The number of hydrogen-bond donors (Lipinski definition) is 0. The number of esters is 2. The van der Waals surface area contributed by atoms with Crippen molar-refractivity contribution in [3.63, 3.8) is 0 Å². The zero-order valence-corrected chi connectivity index (χ0v) is 43.9. The molecule has 0 aliphatic heterocycles.